The minimum atomic E-state index is -0.345. The van der Waals surface area contributed by atoms with Crippen LogP contribution in [0.25, 0.3) is 6.08 Å². The molecule has 6 heteroatoms. The SMILES string of the molecule is COc1ccc(C=CC=C2OC(=S)NC2=O)c(OC)c1C. The van der Waals surface area contributed by atoms with Gasteiger partial charge in [0.1, 0.15) is 11.5 Å². The van der Waals surface area contributed by atoms with E-state index < -0.39 is 0 Å². The Labute approximate surface area is 128 Å². The first-order valence-corrected chi connectivity index (χ1v) is 6.60. The normalized spacial score (nSPS) is 16.2. The number of nitrogens with one attached hydrogen (secondary N) is 1. The Morgan fingerprint density at radius 1 is 1.29 bits per heavy atom. The number of methoxy groups -OCH3 is 2. The molecule has 1 aromatic rings. The van der Waals surface area contributed by atoms with E-state index in [0.29, 0.717) is 0 Å². The van der Waals surface area contributed by atoms with Gasteiger partial charge in [0.15, 0.2) is 5.76 Å². The lowest BCUT2D eigenvalue weighted by atomic mass is 10.1. The van der Waals surface area contributed by atoms with Gasteiger partial charge in [-0.25, -0.2) is 0 Å². The number of hydrogen-bond acceptors (Lipinski definition) is 5. The van der Waals surface area contributed by atoms with Gasteiger partial charge in [-0.1, -0.05) is 12.2 Å². The lowest BCUT2D eigenvalue weighted by molar-refractivity contribution is -0.116. The van der Waals surface area contributed by atoms with E-state index in [-0.39, 0.29) is 16.8 Å². The summed E-state index contributed by atoms with van der Waals surface area (Å²) < 4.78 is 15.7. The van der Waals surface area contributed by atoms with Gasteiger partial charge in [-0.05, 0) is 37.4 Å². The third kappa shape index (κ3) is 3.22. The average molecular weight is 305 g/mol. The summed E-state index contributed by atoms with van der Waals surface area (Å²) in [5, 5.41) is 2.46. The van der Waals surface area contributed by atoms with Gasteiger partial charge in [0.25, 0.3) is 11.1 Å². The summed E-state index contributed by atoms with van der Waals surface area (Å²) in [6, 6.07) is 3.73. The Morgan fingerprint density at radius 2 is 2.05 bits per heavy atom. The Bertz CT molecular complexity index is 649. The first-order chi connectivity index (χ1) is 10.1. The van der Waals surface area contributed by atoms with E-state index in [4.69, 9.17) is 26.4 Å². The van der Waals surface area contributed by atoms with Crippen molar-refractivity contribution < 1.29 is 19.0 Å². The standard InChI is InChI=1S/C15H15NO4S/c1-9-11(18-2)8-7-10(13(9)19-3)5-4-6-12-14(17)16-15(21)20-12/h4-8H,1-3H3,(H,16,17,21). The smallest absolute Gasteiger partial charge is 0.294 e. The van der Waals surface area contributed by atoms with E-state index in [9.17, 15) is 4.79 Å². The van der Waals surface area contributed by atoms with Crippen LogP contribution in [-0.4, -0.2) is 25.3 Å². The number of carbonyl (C=O) groups excluding carboxylic acids is 1. The van der Waals surface area contributed by atoms with Crippen molar-refractivity contribution >= 4 is 29.4 Å². The van der Waals surface area contributed by atoms with Crippen LogP contribution < -0.4 is 14.8 Å². The van der Waals surface area contributed by atoms with E-state index in [1.807, 2.05) is 25.1 Å². The van der Waals surface area contributed by atoms with Crippen molar-refractivity contribution in [2.75, 3.05) is 14.2 Å². The van der Waals surface area contributed by atoms with Crippen LogP contribution in [0.4, 0.5) is 0 Å². The average Bonchev–Trinajstić information content (AvgIpc) is 2.77. The zero-order valence-electron chi connectivity index (χ0n) is 11.9. The van der Waals surface area contributed by atoms with E-state index in [0.717, 1.165) is 22.6 Å². The summed E-state index contributed by atoms with van der Waals surface area (Å²) in [6.07, 6.45) is 5.07. The summed E-state index contributed by atoms with van der Waals surface area (Å²) in [6.45, 7) is 1.92. The lowest BCUT2D eigenvalue weighted by Crippen LogP contribution is -2.18. The molecular formula is C15H15NO4S. The summed E-state index contributed by atoms with van der Waals surface area (Å²) in [7, 11) is 3.21. The maximum absolute atomic E-state index is 11.4. The molecule has 1 saturated heterocycles. The Hall–Kier alpha value is -2.34. The van der Waals surface area contributed by atoms with Gasteiger partial charge < -0.3 is 14.2 Å². The molecule has 1 fully saturated rings. The van der Waals surface area contributed by atoms with Crippen LogP contribution in [0, 0.1) is 6.92 Å². The number of allylic oxidation sites excluding steroid dienone is 2. The molecular weight excluding hydrogens is 290 g/mol. The number of carbonyl (C=O) groups is 1. The van der Waals surface area contributed by atoms with Crippen LogP contribution in [0.15, 0.2) is 30.0 Å². The highest BCUT2D eigenvalue weighted by Gasteiger charge is 2.22. The minimum Gasteiger partial charge on any atom is -0.496 e. The van der Waals surface area contributed by atoms with Crippen molar-refractivity contribution in [3.8, 4) is 11.5 Å². The molecule has 1 aliphatic heterocycles. The molecule has 0 aromatic heterocycles. The van der Waals surface area contributed by atoms with Crippen molar-refractivity contribution in [3.63, 3.8) is 0 Å². The monoisotopic (exact) mass is 305 g/mol. The van der Waals surface area contributed by atoms with Crippen LogP contribution in [-0.2, 0) is 9.53 Å². The molecule has 0 aliphatic carbocycles. The number of ether oxygens (including phenoxy) is 3. The summed E-state index contributed by atoms with van der Waals surface area (Å²) in [4.78, 5) is 11.4. The quantitative estimate of drug-likeness (QED) is 0.683. The number of rotatable bonds is 4. The fraction of sp³-hybridized carbons (Fsp3) is 0.200. The Balaban J connectivity index is 2.26. The van der Waals surface area contributed by atoms with E-state index in [2.05, 4.69) is 5.32 Å². The molecule has 1 aromatic carbocycles. The minimum absolute atomic E-state index is 0.0672. The molecule has 1 N–H and O–H groups in total. The fourth-order valence-corrected chi connectivity index (χ4v) is 2.18. The molecule has 0 bridgehead atoms. The topological polar surface area (TPSA) is 56.8 Å². The Kier molecular flexibility index (Phi) is 4.59. The van der Waals surface area contributed by atoms with Gasteiger partial charge in [-0.15, -0.1) is 0 Å². The molecule has 0 saturated carbocycles. The van der Waals surface area contributed by atoms with Crippen molar-refractivity contribution in [2.24, 2.45) is 0 Å². The van der Waals surface area contributed by atoms with E-state index in [1.54, 1.807) is 26.4 Å². The van der Waals surface area contributed by atoms with Crippen molar-refractivity contribution in [1.82, 2.24) is 5.32 Å². The molecule has 2 rings (SSSR count). The summed E-state index contributed by atoms with van der Waals surface area (Å²) >= 11 is 4.75. The van der Waals surface area contributed by atoms with Crippen LogP contribution in [0.5, 0.6) is 11.5 Å². The predicted octanol–water partition coefficient (Wildman–Crippen LogP) is 2.34. The van der Waals surface area contributed by atoms with Gasteiger partial charge in [-0.2, -0.15) is 0 Å². The van der Waals surface area contributed by atoms with Gasteiger partial charge in [0.05, 0.1) is 14.2 Å². The van der Waals surface area contributed by atoms with E-state index in [1.165, 1.54) is 0 Å². The molecule has 1 amide bonds. The first-order valence-electron chi connectivity index (χ1n) is 6.20. The maximum Gasteiger partial charge on any atom is 0.294 e. The highest BCUT2D eigenvalue weighted by Crippen LogP contribution is 2.32. The summed E-state index contributed by atoms with van der Waals surface area (Å²) in [5.74, 6) is 1.30. The molecule has 0 atom stereocenters. The van der Waals surface area contributed by atoms with Crippen molar-refractivity contribution in [2.45, 2.75) is 6.92 Å². The number of benzene rings is 1. The zero-order valence-corrected chi connectivity index (χ0v) is 12.7. The molecule has 110 valence electrons. The maximum atomic E-state index is 11.4. The molecule has 1 aliphatic rings. The third-order valence-electron chi connectivity index (χ3n) is 2.98. The predicted molar refractivity (Wildman–Crippen MR) is 83.2 cm³/mol. The molecule has 0 radical (unpaired) electrons. The second kappa shape index (κ2) is 6.41. The Morgan fingerprint density at radius 3 is 2.62 bits per heavy atom. The largest absolute Gasteiger partial charge is 0.496 e. The fourth-order valence-electron chi connectivity index (χ4n) is 1.99. The second-order valence-electron chi connectivity index (χ2n) is 4.25. The van der Waals surface area contributed by atoms with Crippen molar-refractivity contribution in [3.05, 3.63) is 41.2 Å². The molecule has 0 unspecified atom stereocenters. The number of thiocarbonyl (C=S) groups is 1. The van der Waals surface area contributed by atoms with Gasteiger partial charge in [0, 0.05) is 11.1 Å². The lowest BCUT2D eigenvalue weighted by Gasteiger charge is -2.12. The molecule has 5 nitrogen and oxygen atoms in total. The highest BCUT2D eigenvalue weighted by atomic mass is 32.1. The van der Waals surface area contributed by atoms with E-state index >= 15 is 0 Å². The number of hydrogen-bond donors (Lipinski definition) is 1. The van der Waals surface area contributed by atoms with Crippen LogP contribution in [0.2, 0.25) is 0 Å². The van der Waals surface area contributed by atoms with Crippen LogP contribution in [0.1, 0.15) is 11.1 Å². The summed E-state index contributed by atoms with van der Waals surface area (Å²) in [5.41, 5.74) is 1.78. The van der Waals surface area contributed by atoms with Gasteiger partial charge >= 0.3 is 0 Å². The number of amides is 1. The van der Waals surface area contributed by atoms with Crippen LogP contribution in [0.3, 0.4) is 0 Å². The highest BCUT2D eigenvalue weighted by molar-refractivity contribution is 7.80. The second-order valence-corrected chi connectivity index (χ2v) is 4.62. The molecule has 21 heavy (non-hydrogen) atoms. The molecule has 0 spiro atoms. The van der Waals surface area contributed by atoms with Crippen LogP contribution >= 0.6 is 12.2 Å². The van der Waals surface area contributed by atoms with Gasteiger partial charge in [0.2, 0.25) is 0 Å². The zero-order chi connectivity index (χ0) is 15.4. The first kappa shape index (κ1) is 15.1. The van der Waals surface area contributed by atoms with Gasteiger partial charge in [-0.3, -0.25) is 10.1 Å². The van der Waals surface area contributed by atoms with Crippen molar-refractivity contribution in [1.29, 1.82) is 0 Å². The third-order valence-corrected chi connectivity index (χ3v) is 3.16. The molecule has 1 heterocycles.